The Bertz CT molecular complexity index is 319. The Labute approximate surface area is 78.0 Å². The standard InChI is InChI=1S/C8H6BrNS/c1-2-8(3-4-8)7-10-5-6(9)11-7/h1,5H,3-4H2. The molecule has 0 unspecified atom stereocenters. The summed E-state index contributed by atoms with van der Waals surface area (Å²) in [6, 6.07) is 0. The molecule has 0 aliphatic heterocycles. The fourth-order valence-corrected chi connectivity index (χ4v) is 2.44. The largest absolute Gasteiger partial charge is 0.247 e. The van der Waals surface area contributed by atoms with Gasteiger partial charge in [-0.1, -0.05) is 5.92 Å². The summed E-state index contributed by atoms with van der Waals surface area (Å²) >= 11 is 5.01. The molecule has 11 heavy (non-hydrogen) atoms. The quantitative estimate of drug-likeness (QED) is 0.673. The van der Waals surface area contributed by atoms with Crippen molar-refractivity contribution in [1.82, 2.24) is 4.98 Å². The maximum atomic E-state index is 5.41. The Morgan fingerprint density at radius 2 is 2.45 bits per heavy atom. The van der Waals surface area contributed by atoms with Crippen LogP contribution in [0.1, 0.15) is 17.8 Å². The number of hydrogen-bond acceptors (Lipinski definition) is 2. The molecule has 0 N–H and O–H groups in total. The van der Waals surface area contributed by atoms with Crippen LogP contribution in [0.3, 0.4) is 0 Å². The first kappa shape index (κ1) is 7.33. The monoisotopic (exact) mass is 227 g/mol. The van der Waals surface area contributed by atoms with Crippen LogP contribution in [-0.4, -0.2) is 4.98 Å². The second-order valence-corrected chi connectivity index (χ2v) is 5.11. The first-order valence-corrected chi connectivity index (χ1v) is 4.97. The summed E-state index contributed by atoms with van der Waals surface area (Å²) in [6.45, 7) is 0. The predicted molar refractivity (Wildman–Crippen MR) is 49.6 cm³/mol. The number of nitrogens with zero attached hydrogens (tertiary/aromatic N) is 1. The molecule has 56 valence electrons. The van der Waals surface area contributed by atoms with Gasteiger partial charge in [-0.3, -0.25) is 0 Å². The molecule has 1 saturated carbocycles. The second kappa shape index (κ2) is 2.33. The molecule has 0 saturated heterocycles. The lowest BCUT2D eigenvalue weighted by molar-refractivity contribution is 0.910. The predicted octanol–water partition coefficient (Wildman–Crippen LogP) is 2.57. The average Bonchev–Trinajstić information content (AvgIpc) is 2.70. The molecule has 0 aromatic carbocycles. The zero-order valence-corrected chi connectivity index (χ0v) is 8.20. The van der Waals surface area contributed by atoms with Crippen LogP contribution in [0.2, 0.25) is 0 Å². The van der Waals surface area contributed by atoms with Gasteiger partial charge in [0.05, 0.1) is 15.4 Å². The summed E-state index contributed by atoms with van der Waals surface area (Å²) in [7, 11) is 0. The summed E-state index contributed by atoms with van der Waals surface area (Å²) in [5.74, 6) is 2.81. The number of hydrogen-bond donors (Lipinski definition) is 0. The van der Waals surface area contributed by atoms with Crippen LogP contribution in [0.5, 0.6) is 0 Å². The summed E-state index contributed by atoms with van der Waals surface area (Å²) in [4.78, 5) is 4.25. The molecule has 2 rings (SSSR count). The van der Waals surface area contributed by atoms with Crippen molar-refractivity contribution in [2.45, 2.75) is 18.3 Å². The lowest BCUT2D eigenvalue weighted by Gasteiger charge is -1.98. The third-order valence-corrected chi connectivity index (χ3v) is 3.59. The summed E-state index contributed by atoms with van der Waals surface area (Å²) < 4.78 is 1.06. The van der Waals surface area contributed by atoms with Crippen molar-refractivity contribution in [3.63, 3.8) is 0 Å². The maximum Gasteiger partial charge on any atom is 0.112 e. The van der Waals surface area contributed by atoms with E-state index in [1.807, 2.05) is 6.20 Å². The topological polar surface area (TPSA) is 12.9 Å². The van der Waals surface area contributed by atoms with Crippen LogP contribution < -0.4 is 0 Å². The molecule has 1 heterocycles. The summed E-state index contributed by atoms with van der Waals surface area (Å²) in [6.07, 6.45) is 9.43. The number of halogens is 1. The Morgan fingerprint density at radius 1 is 1.73 bits per heavy atom. The Hall–Kier alpha value is -0.330. The smallest absolute Gasteiger partial charge is 0.112 e. The fourth-order valence-electron chi connectivity index (χ4n) is 1.02. The van der Waals surface area contributed by atoms with E-state index in [4.69, 9.17) is 6.42 Å². The Kier molecular flexibility index (Phi) is 1.55. The highest BCUT2D eigenvalue weighted by molar-refractivity contribution is 9.11. The minimum absolute atomic E-state index is 0.0106. The molecule has 1 aromatic heterocycles. The SMILES string of the molecule is C#CC1(c2ncc(Br)s2)CC1. The van der Waals surface area contributed by atoms with Gasteiger partial charge in [0.1, 0.15) is 5.01 Å². The molecular formula is C8H6BrNS. The van der Waals surface area contributed by atoms with Crippen molar-refractivity contribution in [1.29, 1.82) is 0 Å². The highest BCUT2D eigenvalue weighted by atomic mass is 79.9. The molecule has 1 aliphatic rings. The fraction of sp³-hybridized carbons (Fsp3) is 0.375. The first-order chi connectivity index (χ1) is 5.27. The molecule has 1 aromatic rings. The number of aromatic nitrogens is 1. The van der Waals surface area contributed by atoms with E-state index in [0.717, 1.165) is 21.6 Å². The van der Waals surface area contributed by atoms with Gasteiger partial charge in [-0.2, -0.15) is 0 Å². The van der Waals surface area contributed by atoms with Gasteiger partial charge in [-0.15, -0.1) is 17.8 Å². The first-order valence-electron chi connectivity index (χ1n) is 3.36. The van der Waals surface area contributed by atoms with Crippen molar-refractivity contribution >= 4 is 27.3 Å². The zero-order chi connectivity index (χ0) is 7.90. The van der Waals surface area contributed by atoms with E-state index in [1.54, 1.807) is 11.3 Å². The van der Waals surface area contributed by atoms with Gasteiger partial charge in [0, 0.05) is 0 Å². The summed E-state index contributed by atoms with van der Waals surface area (Å²) in [5, 5.41) is 1.09. The molecule has 3 heteroatoms. The molecule has 1 nitrogen and oxygen atoms in total. The minimum Gasteiger partial charge on any atom is -0.247 e. The average molecular weight is 228 g/mol. The van der Waals surface area contributed by atoms with Crippen molar-refractivity contribution in [2.75, 3.05) is 0 Å². The van der Waals surface area contributed by atoms with E-state index in [0.29, 0.717) is 0 Å². The maximum absolute atomic E-state index is 5.41. The van der Waals surface area contributed by atoms with Gasteiger partial charge < -0.3 is 0 Å². The van der Waals surface area contributed by atoms with E-state index in [2.05, 4.69) is 26.8 Å². The highest BCUT2D eigenvalue weighted by Gasteiger charge is 2.45. The lowest BCUT2D eigenvalue weighted by atomic mass is 10.1. The third kappa shape index (κ3) is 1.11. The van der Waals surface area contributed by atoms with Gasteiger partial charge in [-0.05, 0) is 28.8 Å². The third-order valence-electron chi connectivity index (χ3n) is 1.91. The molecular weight excluding hydrogens is 222 g/mol. The van der Waals surface area contributed by atoms with Crippen LogP contribution in [0, 0.1) is 12.3 Å². The molecule has 0 bridgehead atoms. The van der Waals surface area contributed by atoms with Gasteiger partial charge in [0.25, 0.3) is 0 Å². The van der Waals surface area contributed by atoms with Crippen LogP contribution in [0.4, 0.5) is 0 Å². The van der Waals surface area contributed by atoms with Crippen molar-refractivity contribution in [3.8, 4) is 12.3 Å². The van der Waals surface area contributed by atoms with Crippen molar-refractivity contribution in [3.05, 3.63) is 15.0 Å². The van der Waals surface area contributed by atoms with E-state index in [1.165, 1.54) is 0 Å². The second-order valence-electron chi connectivity index (χ2n) is 2.70. The normalized spacial score (nSPS) is 19.3. The van der Waals surface area contributed by atoms with E-state index < -0.39 is 0 Å². The van der Waals surface area contributed by atoms with Crippen LogP contribution in [0.25, 0.3) is 0 Å². The van der Waals surface area contributed by atoms with Crippen LogP contribution >= 0.6 is 27.3 Å². The van der Waals surface area contributed by atoms with Gasteiger partial charge >= 0.3 is 0 Å². The summed E-state index contributed by atoms with van der Waals surface area (Å²) in [5.41, 5.74) is 0.0106. The van der Waals surface area contributed by atoms with Gasteiger partial charge in [0.2, 0.25) is 0 Å². The van der Waals surface area contributed by atoms with Crippen molar-refractivity contribution < 1.29 is 0 Å². The van der Waals surface area contributed by atoms with Crippen molar-refractivity contribution in [2.24, 2.45) is 0 Å². The molecule has 0 atom stereocenters. The lowest BCUT2D eigenvalue weighted by Crippen LogP contribution is -2.00. The van der Waals surface area contributed by atoms with Gasteiger partial charge in [-0.25, -0.2) is 4.98 Å². The number of rotatable bonds is 1. The molecule has 0 amide bonds. The van der Waals surface area contributed by atoms with Crippen LogP contribution in [-0.2, 0) is 5.41 Å². The Balaban J connectivity index is 2.38. The molecule has 0 spiro atoms. The van der Waals surface area contributed by atoms with E-state index in [-0.39, 0.29) is 5.41 Å². The van der Waals surface area contributed by atoms with E-state index in [9.17, 15) is 0 Å². The Morgan fingerprint density at radius 3 is 2.82 bits per heavy atom. The number of terminal acetylenes is 1. The molecule has 0 radical (unpaired) electrons. The van der Waals surface area contributed by atoms with E-state index >= 15 is 0 Å². The minimum atomic E-state index is 0.0106. The molecule has 1 fully saturated rings. The van der Waals surface area contributed by atoms with Crippen LogP contribution in [0.15, 0.2) is 9.98 Å². The van der Waals surface area contributed by atoms with Gasteiger partial charge in [0.15, 0.2) is 0 Å². The highest BCUT2D eigenvalue weighted by Crippen LogP contribution is 2.49. The number of thiazole rings is 1. The zero-order valence-electron chi connectivity index (χ0n) is 5.80. The molecule has 1 aliphatic carbocycles.